The Hall–Kier alpha value is -0.590. The highest BCUT2D eigenvalue weighted by atomic mass is 16.1. The molecule has 1 nitrogen and oxygen atoms in total. The molecule has 0 unspecified atom stereocenters. The lowest BCUT2D eigenvalue weighted by Gasteiger charge is -2.58. The molecule has 158 valence electrons. The lowest BCUT2D eigenvalue weighted by Crippen LogP contribution is -2.50. The van der Waals surface area contributed by atoms with Crippen LogP contribution in [0.25, 0.3) is 0 Å². The van der Waals surface area contributed by atoms with Gasteiger partial charge in [0.1, 0.15) is 5.78 Å². The van der Waals surface area contributed by atoms with E-state index in [4.69, 9.17) is 0 Å². The number of carbonyl (C=O) groups is 1. The molecule has 4 aliphatic carbocycles. The van der Waals surface area contributed by atoms with Gasteiger partial charge >= 0.3 is 0 Å². The second-order valence-corrected chi connectivity index (χ2v) is 12.0. The van der Waals surface area contributed by atoms with E-state index in [-0.39, 0.29) is 0 Å². The minimum absolute atomic E-state index is 0.332. The summed E-state index contributed by atoms with van der Waals surface area (Å²) >= 11 is 0. The van der Waals surface area contributed by atoms with Gasteiger partial charge in [-0.2, -0.15) is 0 Å². The first-order valence-corrected chi connectivity index (χ1v) is 12.5. The first-order chi connectivity index (χ1) is 13.3. The monoisotopic (exact) mass is 384 g/mol. The summed E-state index contributed by atoms with van der Waals surface area (Å²) in [5.41, 5.74) is 2.43. The highest BCUT2D eigenvalue weighted by Gasteiger charge is 2.59. The molecule has 0 saturated heterocycles. The van der Waals surface area contributed by atoms with Crippen LogP contribution >= 0.6 is 0 Å². The summed E-state index contributed by atoms with van der Waals surface area (Å²) in [6.45, 7) is 12.5. The summed E-state index contributed by atoms with van der Waals surface area (Å²) in [6, 6.07) is 0. The van der Waals surface area contributed by atoms with Gasteiger partial charge in [-0.3, -0.25) is 4.79 Å². The molecule has 0 heterocycles. The molecule has 1 heteroatoms. The number of Topliss-reactive ketones (excluding diaryl/α,β-unsaturated/α-hetero) is 1. The minimum atomic E-state index is 0.332. The molecule has 0 spiro atoms. The van der Waals surface area contributed by atoms with Gasteiger partial charge in [-0.25, -0.2) is 0 Å². The molecular formula is C27H44O. The lowest BCUT2D eigenvalue weighted by atomic mass is 9.47. The van der Waals surface area contributed by atoms with E-state index >= 15 is 0 Å². The van der Waals surface area contributed by atoms with Gasteiger partial charge in [0.25, 0.3) is 0 Å². The summed E-state index contributed by atoms with van der Waals surface area (Å²) in [7, 11) is 0. The van der Waals surface area contributed by atoms with Crippen LogP contribution in [-0.2, 0) is 4.79 Å². The van der Waals surface area contributed by atoms with E-state index < -0.39 is 0 Å². The molecule has 0 aromatic rings. The normalized spacial score (nSPS) is 43.9. The molecule has 0 bridgehead atoms. The van der Waals surface area contributed by atoms with Crippen molar-refractivity contribution in [3.8, 4) is 0 Å². The average Bonchev–Trinajstić information content (AvgIpc) is 2.99. The molecule has 0 aromatic carbocycles. The summed E-state index contributed by atoms with van der Waals surface area (Å²) in [6.07, 6.45) is 16.5. The van der Waals surface area contributed by atoms with Crippen molar-refractivity contribution in [3.63, 3.8) is 0 Å². The Balaban J connectivity index is 1.50. The zero-order valence-electron chi connectivity index (χ0n) is 19.2. The number of rotatable bonds is 5. The molecule has 4 aliphatic rings. The van der Waals surface area contributed by atoms with Gasteiger partial charge in [0.15, 0.2) is 0 Å². The number of hydrogen-bond donors (Lipinski definition) is 0. The summed E-state index contributed by atoms with van der Waals surface area (Å²) in [4.78, 5) is 12.1. The number of allylic oxidation sites excluding steroid dienone is 2. The highest BCUT2D eigenvalue weighted by Crippen LogP contribution is 2.67. The zero-order chi connectivity index (χ0) is 20.1. The van der Waals surface area contributed by atoms with E-state index in [0.29, 0.717) is 16.6 Å². The van der Waals surface area contributed by atoms with Crippen molar-refractivity contribution in [2.75, 3.05) is 0 Å². The van der Waals surface area contributed by atoms with Crippen LogP contribution in [0.4, 0.5) is 0 Å². The molecule has 0 N–H and O–H groups in total. The van der Waals surface area contributed by atoms with E-state index in [2.05, 4.69) is 40.7 Å². The first kappa shape index (κ1) is 20.7. The molecule has 4 rings (SSSR count). The van der Waals surface area contributed by atoms with Gasteiger partial charge in [-0.1, -0.05) is 65.5 Å². The van der Waals surface area contributed by atoms with Crippen LogP contribution in [0.3, 0.4) is 0 Å². The fraction of sp³-hybridized carbons (Fsp3) is 0.889. The molecule has 28 heavy (non-hydrogen) atoms. The van der Waals surface area contributed by atoms with E-state index in [1.165, 1.54) is 56.9 Å². The summed E-state index contributed by atoms with van der Waals surface area (Å²) in [5.74, 6) is 5.82. The molecule has 7 atom stereocenters. The van der Waals surface area contributed by atoms with Crippen LogP contribution in [0.1, 0.15) is 105 Å². The van der Waals surface area contributed by atoms with Gasteiger partial charge < -0.3 is 0 Å². The summed E-state index contributed by atoms with van der Waals surface area (Å²) in [5, 5.41) is 0. The van der Waals surface area contributed by atoms with Crippen molar-refractivity contribution >= 4 is 5.78 Å². The standard InChI is InChI=1S/C27H44O/c1-18(2)7-6-8-19(3)23-11-12-24-22-10-9-20-17-21(28)13-15-26(20,4)25(22)14-16-27(23,24)5/h9,18-19,22-25H,6-8,10-17H2,1-5H3/t19-,22-,23+,24-,25-,26-,27+/m0/s1. The quantitative estimate of drug-likeness (QED) is 0.446. The number of hydrogen-bond acceptors (Lipinski definition) is 1. The van der Waals surface area contributed by atoms with Crippen molar-refractivity contribution in [2.24, 2.45) is 46.3 Å². The third-order valence-corrected chi connectivity index (χ3v) is 10.1. The Morgan fingerprint density at radius 1 is 1.04 bits per heavy atom. The molecule has 0 aromatic heterocycles. The van der Waals surface area contributed by atoms with Gasteiger partial charge in [-0.15, -0.1) is 0 Å². The van der Waals surface area contributed by atoms with E-state index in [9.17, 15) is 4.79 Å². The Bertz CT molecular complexity index is 630. The van der Waals surface area contributed by atoms with Crippen molar-refractivity contribution in [1.82, 2.24) is 0 Å². The number of fused-ring (bicyclic) bond motifs is 5. The van der Waals surface area contributed by atoms with E-state index in [1.54, 1.807) is 0 Å². The average molecular weight is 385 g/mol. The first-order valence-electron chi connectivity index (χ1n) is 12.5. The fourth-order valence-electron chi connectivity index (χ4n) is 8.50. The SMILES string of the molecule is CC(C)CCC[C@H](C)[C@H]1CC[C@H]2[C@@H]3CC=C4CC(=O)CC[C@]4(C)[C@H]3CC[C@]12C. The Labute approximate surface area is 174 Å². The second-order valence-electron chi connectivity index (χ2n) is 12.0. The molecule has 3 saturated carbocycles. The smallest absolute Gasteiger partial charge is 0.136 e. The third-order valence-electron chi connectivity index (χ3n) is 10.1. The van der Waals surface area contributed by atoms with Gasteiger partial charge in [0, 0.05) is 12.8 Å². The Morgan fingerprint density at radius 2 is 1.82 bits per heavy atom. The van der Waals surface area contributed by atoms with Crippen LogP contribution in [0.2, 0.25) is 0 Å². The van der Waals surface area contributed by atoms with Crippen molar-refractivity contribution in [3.05, 3.63) is 11.6 Å². The van der Waals surface area contributed by atoms with Crippen molar-refractivity contribution in [2.45, 2.75) is 105 Å². The third kappa shape index (κ3) is 3.33. The van der Waals surface area contributed by atoms with Gasteiger partial charge in [0.2, 0.25) is 0 Å². The predicted octanol–water partition coefficient (Wildman–Crippen LogP) is 7.60. The van der Waals surface area contributed by atoms with E-state index in [1.807, 2.05) is 0 Å². The van der Waals surface area contributed by atoms with Crippen LogP contribution in [0.5, 0.6) is 0 Å². The fourth-order valence-corrected chi connectivity index (χ4v) is 8.50. The van der Waals surface area contributed by atoms with E-state index in [0.717, 1.165) is 54.8 Å². The predicted molar refractivity (Wildman–Crippen MR) is 118 cm³/mol. The van der Waals surface area contributed by atoms with Gasteiger partial charge in [-0.05, 0) is 84.9 Å². The number of ketones is 1. The lowest BCUT2D eigenvalue weighted by molar-refractivity contribution is -0.122. The van der Waals surface area contributed by atoms with Crippen molar-refractivity contribution < 1.29 is 4.79 Å². The zero-order valence-corrected chi connectivity index (χ0v) is 19.2. The molecule has 3 fully saturated rings. The number of carbonyl (C=O) groups excluding carboxylic acids is 1. The maximum Gasteiger partial charge on any atom is 0.136 e. The molecular weight excluding hydrogens is 340 g/mol. The van der Waals surface area contributed by atoms with Crippen LogP contribution in [0, 0.1) is 46.3 Å². The minimum Gasteiger partial charge on any atom is -0.299 e. The maximum atomic E-state index is 12.1. The van der Waals surface area contributed by atoms with Crippen molar-refractivity contribution in [1.29, 1.82) is 0 Å². The van der Waals surface area contributed by atoms with Crippen LogP contribution in [-0.4, -0.2) is 5.78 Å². The molecule has 0 amide bonds. The molecule has 0 aliphatic heterocycles. The molecule has 0 radical (unpaired) electrons. The Kier molecular flexibility index (Phi) is 5.60. The van der Waals surface area contributed by atoms with Gasteiger partial charge in [0.05, 0.1) is 0 Å². The van der Waals surface area contributed by atoms with Crippen LogP contribution < -0.4 is 0 Å². The second kappa shape index (κ2) is 7.59. The Morgan fingerprint density at radius 3 is 2.57 bits per heavy atom. The highest BCUT2D eigenvalue weighted by molar-refractivity contribution is 5.82. The maximum absolute atomic E-state index is 12.1. The summed E-state index contributed by atoms with van der Waals surface area (Å²) < 4.78 is 0. The largest absolute Gasteiger partial charge is 0.299 e. The topological polar surface area (TPSA) is 17.1 Å². The van der Waals surface area contributed by atoms with Crippen LogP contribution in [0.15, 0.2) is 11.6 Å².